The van der Waals surface area contributed by atoms with Crippen LogP contribution in [0.25, 0.3) is 0 Å². The summed E-state index contributed by atoms with van der Waals surface area (Å²) in [7, 11) is 0. The molecule has 0 aromatic heterocycles. The van der Waals surface area contributed by atoms with E-state index in [-0.39, 0.29) is 60.4 Å². The molecule has 0 saturated carbocycles. The first-order chi connectivity index (χ1) is 15.7. The Morgan fingerprint density at radius 3 is 1.03 bits per heavy atom. The number of ether oxygens (including phenoxy) is 2. The minimum absolute atomic E-state index is 0. The van der Waals surface area contributed by atoms with Crippen LogP contribution in [0.1, 0.15) is 34.6 Å². The van der Waals surface area contributed by atoms with Crippen molar-refractivity contribution >= 4 is 73.7 Å². The van der Waals surface area contributed by atoms with Crippen molar-refractivity contribution in [1.29, 1.82) is 0 Å². The van der Waals surface area contributed by atoms with E-state index in [1.165, 1.54) is 38.1 Å². The predicted octanol–water partition coefficient (Wildman–Crippen LogP) is 0.287. The molecule has 0 unspecified atom stereocenters. The first-order valence-corrected chi connectivity index (χ1v) is 8.80. The normalized spacial score (nSPS) is 8.29. The quantitative estimate of drug-likeness (QED) is 0.182. The Labute approximate surface area is 229 Å². The number of para-hydroxylation sites is 2. The van der Waals surface area contributed by atoms with E-state index in [0.29, 0.717) is 0 Å². The standard InChI is InChI=1S/2C9H8O4.2CH4N2O.Ca/c2*1-6(10)13-8-5-3-2-4-7(8)9(11)12;2*2-1(3)4;/h2*2-5H,1H3,(H,11,12);2*(H4,2,3,4);. The van der Waals surface area contributed by atoms with Crippen molar-refractivity contribution in [2.45, 2.75) is 13.8 Å². The van der Waals surface area contributed by atoms with Crippen LogP contribution in [0.4, 0.5) is 9.59 Å². The second kappa shape index (κ2) is 19.6. The molecule has 2 aromatic carbocycles. The topological polar surface area (TPSA) is 265 Å². The van der Waals surface area contributed by atoms with E-state index in [0.717, 1.165) is 0 Å². The van der Waals surface area contributed by atoms with Gasteiger partial charge in [-0.15, -0.1) is 0 Å². The van der Waals surface area contributed by atoms with E-state index < -0.39 is 35.9 Å². The Morgan fingerprint density at radius 1 is 0.600 bits per heavy atom. The van der Waals surface area contributed by atoms with Crippen molar-refractivity contribution in [1.82, 2.24) is 0 Å². The van der Waals surface area contributed by atoms with Gasteiger partial charge in [0.2, 0.25) is 0 Å². The smallest absolute Gasteiger partial charge is 0.339 e. The van der Waals surface area contributed by atoms with Gasteiger partial charge < -0.3 is 42.6 Å². The fourth-order valence-corrected chi connectivity index (χ4v) is 1.77. The van der Waals surface area contributed by atoms with Gasteiger partial charge in [-0.3, -0.25) is 9.59 Å². The van der Waals surface area contributed by atoms with Crippen LogP contribution in [0.15, 0.2) is 48.5 Å². The number of aromatic carboxylic acids is 2. The van der Waals surface area contributed by atoms with Crippen molar-refractivity contribution in [3.05, 3.63) is 59.7 Å². The summed E-state index contributed by atoms with van der Waals surface area (Å²) < 4.78 is 9.37. The third kappa shape index (κ3) is 20.5. The number of carboxylic acids is 2. The van der Waals surface area contributed by atoms with E-state index in [2.05, 4.69) is 32.4 Å². The Kier molecular flexibility index (Phi) is 20.0. The predicted molar refractivity (Wildman–Crippen MR) is 123 cm³/mol. The summed E-state index contributed by atoms with van der Waals surface area (Å²) in [5.41, 5.74) is 17.0. The molecule has 0 fully saturated rings. The van der Waals surface area contributed by atoms with Crippen LogP contribution in [-0.4, -0.2) is 83.9 Å². The minimum atomic E-state index is -1.11. The fraction of sp³-hybridized carbons (Fsp3) is 0.100. The number of hydrogen-bond donors (Lipinski definition) is 6. The van der Waals surface area contributed by atoms with Crippen LogP contribution in [0.2, 0.25) is 0 Å². The van der Waals surface area contributed by atoms with Crippen molar-refractivity contribution < 1.29 is 48.5 Å². The van der Waals surface area contributed by atoms with Crippen LogP contribution in [0.3, 0.4) is 0 Å². The van der Waals surface area contributed by atoms with Crippen LogP contribution in [0.5, 0.6) is 11.5 Å². The number of carboxylic acid groups (broad SMARTS) is 2. The number of nitrogens with two attached hydrogens (primary N) is 4. The SMILES string of the molecule is CC(=O)Oc1ccccc1C(=O)O.CC(=O)Oc1ccccc1C(=O)O.NC(N)=O.NC(N)=O.[Ca]. The summed E-state index contributed by atoms with van der Waals surface area (Å²) in [6.45, 7) is 2.44. The maximum Gasteiger partial charge on any atom is 0.339 e. The number of esters is 2. The molecule has 186 valence electrons. The van der Waals surface area contributed by atoms with Gasteiger partial charge in [-0.25, -0.2) is 19.2 Å². The molecule has 15 heteroatoms. The summed E-state index contributed by atoms with van der Waals surface area (Å²) >= 11 is 0. The zero-order valence-electron chi connectivity index (χ0n) is 18.8. The Bertz CT molecular complexity index is 941. The Morgan fingerprint density at radius 2 is 0.829 bits per heavy atom. The third-order valence-electron chi connectivity index (χ3n) is 2.74. The average molecular weight is 521 g/mol. The Hall–Kier alpha value is -3.88. The van der Waals surface area contributed by atoms with E-state index >= 15 is 0 Å². The summed E-state index contributed by atoms with van der Waals surface area (Å²) in [6, 6.07) is 10.3. The molecule has 2 rings (SSSR count). The molecule has 0 heterocycles. The molecule has 0 bridgehead atoms. The van der Waals surface area contributed by atoms with Crippen LogP contribution < -0.4 is 32.4 Å². The summed E-state index contributed by atoms with van der Waals surface area (Å²) in [4.78, 5) is 60.4. The van der Waals surface area contributed by atoms with Crippen LogP contribution in [0, 0.1) is 0 Å². The van der Waals surface area contributed by atoms with Gasteiger partial charge >= 0.3 is 35.9 Å². The molecule has 35 heavy (non-hydrogen) atoms. The van der Waals surface area contributed by atoms with Gasteiger partial charge in [0.25, 0.3) is 0 Å². The molecule has 0 aliphatic carbocycles. The van der Waals surface area contributed by atoms with E-state index in [4.69, 9.17) is 19.8 Å². The maximum atomic E-state index is 10.6. The second-order valence-electron chi connectivity index (χ2n) is 5.59. The molecule has 0 aliphatic heterocycles. The van der Waals surface area contributed by atoms with Crippen molar-refractivity contribution in [2.24, 2.45) is 22.9 Å². The van der Waals surface area contributed by atoms with Crippen LogP contribution >= 0.6 is 0 Å². The zero-order chi connectivity index (χ0) is 26.8. The fourth-order valence-electron chi connectivity index (χ4n) is 1.77. The molecule has 0 atom stereocenters. The van der Waals surface area contributed by atoms with Gasteiger partial charge in [-0.1, -0.05) is 24.3 Å². The Balaban J connectivity index is -0.000000440. The average Bonchev–Trinajstić information content (AvgIpc) is 2.67. The van der Waals surface area contributed by atoms with Gasteiger partial charge in [0.05, 0.1) is 0 Å². The number of urea groups is 2. The zero-order valence-corrected chi connectivity index (χ0v) is 21.0. The van der Waals surface area contributed by atoms with Crippen LogP contribution in [-0.2, 0) is 9.59 Å². The van der Waals surface area contributed by atoms with E-state index in [1.54, 1.807) is 24.3 Å². The van der Waals surface area contributed by atoms with E-state index in [1.807, 2.05) is 0 Å². The first-order valence-electron chi connectivity index (χ1n) is 8.80. The number of carbonyl (C=O) groups is 6. The molecule has 2 radical (unpaired) electrons. The van der Waals surface area contributed by atoms with Gasteiger partial charge in [0, 0.05) is 51.6 Å². The van der Waals surface area contributed by atoms with Gasteiger partial charge in [0.15, 0.2) is 0 Å². The molecule has 0 saturated heterocycles. The largest absolute Gasteiger partial charge is 0.478 e. The van der Waals surface area contributed by atoms with Gasteiger partial charge in [0.1, 0.15) is 22.6 Å². The first kappa shape index (κ1) is 35.7. The number of primary amides is 4. The third-order valence-corrected chi connectivity index (χ3v) is 2.74. The number of benzene rings is 2. The molecular formula is C20H24CaN4O10. The van der Waals surface area contributed by atoms with Crippen molar-refractivity contribution in [3.8, 4) is 11.5 Å². The molecule has 14 nitrogen and oxygen atoms in total. The van der Waals surface area contributed by atoms with Crippen molar-refractivity contribution in [3.63, 3.8) is 0 Å². The number of rotatable bonds is 4. The van der Waals surface area contributed by atoms with Crippen molar-refractivity contribution in [2.75, 3.05) is 0 Å². The molecule has 2 aromatic rings. The summed E-state index contributed by atoms with van der Waals surface area (Å²) in [6.07, 6.45) is 0. The molecule has 10 N–H and O–H groups in total. The summed E-state index contributed by atoms with van der Waals surface area (Å²) in [5, 5.41) is 17.4. The van der Waals surface area contributed by atoms with E-state index in [9.17, 15) is 19.2 Å². The number of hydrogen-bond acceptors (Lipinski definition) is 8. The second-order valence-corrected chi connectivity index (χ2v) is 5.59. The minimum Gasteiger partial charge on any atom is -0.478 e. The molecular weight excluding hydrogens is 496 g/mol. The van der Waals surface area contributed by atoms with Gasteiger partial charge in [-0.2, -0.15) is 0 Å². The van der Waals surface area contributed by atoms with Gasteiger partial charge in [-0.05, 0) is 24.3 Å². The molecule has 0 spiro atoms. The maximum absolute atomic E-state index is 10.6. The number of amides is 4. The monoisotopic (exact) mass is 520 g/mol. The number of carbonyl (C=O) groups excluding carboxylic acids is 4. The molecule has 4 amide bonds. The summed E-state index contributed by atoms with van der Waals surface area (Å²) in [5.74, 6) is -3.15. The molecule has 0 aliphatic rings.